The maximum atomic E-state index is 13.8. The zero-order valence-electron chi connectivity index (χ0n) is 23.1. The molecule has 0 radical (unpaired) electrons. The zero-order chi connectivity index (χ0) is 28.1. The minimum atomic E-state index is -0.844. The van der Waals surface area contributed by atoms with Crippen molar-refractivity contribution < 1.29 is 5.11 Å². The van der Waals surface area contributed by atoms with Crippen LogP contribution in [0.5, 0.6) is 0 Å². The fourth-order valence-electron chi connectivity index (χ4n) is 5.20. The lowest BCUT2D eigenvalue weighted by molar-refractivity contribution is 0.0610. The Hall–Kier alpha value is -3.43. The van der Waals surface area contributed by atoms with Gasteiger partial charge in [-0.3, -0.25) is 23.7 Å². The zero-order valence-corrected chi connectivity index (χ0v) is 23.9. The van der Waals surface area contributed by atoms with Gasteiger partial charge in [0, 0.05) is 50.2 Å². The second-order valence-electron chi connectivity index (χ2n) is 10.4. The van der Waals surface area contributed by atoms with E-state index < -0.39 is 17.4 Å². The lowest BCUT2D eigenvalue weighted by Crippen LogP contribution is -2.50. The van der Waals surface area contributed by atoms with Crippen LogP contribution < -0.4 is 11.2 Å². The summed E-state index contributed by atoms with van der Waals surface area (Å²) >= 11 is 1.63. The summed E-state index contributed by atoms with van der Waals surface area (Å²) in [5, 5.41) is 11.0. The van der Waals surface area contributed by atoms with Crippen molar-refractivity contribution in [3.05, 3.63) is 117 Å². The number of aliphatic hydroxyl groups excluding tert-OH is 1. The van der Waals surface area contributed by atoms with Gasteiger partial charge in [0.2, 0.25) is 0 Å². The number of aryl methyl sites for hydroxylation is 1. The third-order valence-electron chi connectivity index (χ3n) is 7.44. The van der Waals surface area contributed by atoms with Crippen LogP contribution in [-0.2, 0) is 13.1 Å². The molecule has 0 bridgehead atoms. The average molecular weight is 557 g/mol. The van der Waals surface area contributed by atoms with Crippen LogP contribution in [0.2, 0.25) is 0 Å². The Bertz CT molecular complexity index is 1520. The summed E-state index contributed by atoms with van der Waals surface area (Å²) in [6.07, 6.45) is 1.16. The first-order valence-electron chi connectivity index (χ1n) is 13.7. The quantitative estimate of drug-likeness (QED) is 0.316. The van der Waals surface area contributed by atoms with Crippen LogP contribution in [-0.4, -0.2) is 69.1 Å². The molecule has 8 heteroatoms. The third kappa shape index (κ3) is 6.64. The monoisotopic (exact) mass is 556 g/mol. The van der Waals surface area contributed by atoms with Gasteiger partial charge >= 0.3 is 5.69 Å². The minimum absolute atomic E-state index is 0.0566. The average Bonchev–Trinajstić information content (AvgIpc) is 2.97. The number of thioether (sulfide) groups is 1. The van der Waals surface area contributed by atoms with Crippen molar-refractivity contribution in [3.63, 3.8) is 0 Å². The third-order valence-corrected chi connectivity index (χ3v) is 8.19. The standard InChI is InChI=1S/C32H36N4O3S/c1-24-8-10-26(11-9-24)30-20-31(38)35(32(39)36(30)27-12-14-29(40-2)15-13-27)23-28(37)22-34-18-16-33(17-19-34)21-25-6-4-3-5-7-25/h3-15,20,28,37H,16-19,21-23H2,1-2H3. The Balaban J connectivity index is 1.34. The maximum absolute atomic E-state index is 13.8. The molecule has 2 heterocycles. The first-order chi connectivity index (χ1) is 19.4. The van der Waals surface area contributed by atoms with Crippen LogP contribution in [0.1, 0.15) is 11.1 Å². The fraction of sp³-hybridized carbons (Fsp3) is 0.312. The molecule has 1 fully saturated rings. The largest absolute Gasteiger partial charge is 0.390 e. The highest BCUT2D eigenvalue weighted by atomic mass is 32.2. The summed E-state index contributed by atoms with van der Waals surface area (Å²) in [4.78, 5) is 32.8. The van der Waals surface area contributed by atoms with Gasteiger partial charge in [0.15, 0.2) is 0 Å². The van der Waals surface area contributed by atoms with Crippen LogP contribution in [0.4, 0.5) is 0 Å². The molecule has 0 aliphatic carbocycles. The van der Waals surface area contributed by atoms with Crippen molar-refractivity contribution in [2.45, 2.75) is 31.0 Å². The van der Waals surface area contributed by atoms with Crippen LogP contribution in [0.15, 0.2) is 99.4 Å². The van der Waals surface area contributed by atoms with Gasteiger partial charge in [0.1, 0.15) is 0 Å². The van der Waals surface area contributed by atoms with E-state index in [0.717, 1.165) is 53.3 Å². The molecule has 40 heavy (non-hydrogen) atoms. The van der Waals surface area contributed by atoms with Crippen LogP contribution in [0, 0.1) is 6.92 Å². The summed E-state index contributed by atoms with van der Waals surface area (Å²) in [6, 6.07) is 27.4. The Kier molecular flexibility index (Phi) is 9.01. The molecule has 1 saturated heterocycles. The van der Waals surface area contributed by atoms with Gasteiger partial charge in [-0.1, -0.05) is 60.2 Å². The molecule has 0 amide bonds. The molecule has 1 atom stereocenters. The van der Waals surface area contributed by atoms with Crippen molar-refractivity contribution in [2.75, 3.05) is 39.0 Å². The van der Waals surface area contributed by atoms with Gasteiger partial charge in [0.25, 0.3) is 5.56 Å². The van der Waals surface area contributed by atoms with Crippen LogP contribution in [0.3, 0.4) is 0 Å². The molecule has 1 aliphatic rings. The van der Waals surface area contributed by atoms with Crippen molar-refractivity contribution in [1.29, 1.82) is 0 Å². The number of nitrogens with zero attached hydrogens (tertiary/aromatic N) is 4. The van der Waals surface area contributed by atoms with Gasteiger partial charge < -0.3 is 5.11 Å². The molecule has 7 nitrogen and oxygen atoms in total. The first kappa shape index (κ1) is 28.1. The van der Waals surface area contributed by atoms with Crippen LogP contribution in [0.25, 0.3) is 16.9 Å². The van der Waals surface area contributed by atoms with Crippen molar-refractivity contribution >= 4 is 11.8 Å². The summed E-state index contributed by atoms with van der Waals surface area (Å²) in [7, 11) is 0. The molecule has 1 aliphatic heterocycles. The summed E-state index contributed by atoms with van der Waals surface area (Å²) in [5.74, 6) is 0. The molecule has 5 rings (SSSR count). The first-order valence-corrected chi connectivity index (χ1v) is 14.9. The predicted molar refractivity (Wildman–Crippen MR) is 162 cm³/mol. The Morgan fingerprint density at radius 2 is 1.48 bits per heavy atom. The second-order valence-corrected chi connectivity index (χ2v) is 11.3. The highest BCUT2D eigenvalue weighted by molar-refractivity contribution is 7.98. The number of aliphatic hydroxyl groups is 1. The van der Waals surface area contributed by atoms with Crippen molar-refractivity contribution in [2.24, 2.45) is 0 Å². The van der Waals surface area contributed by atoms with Gasteiger partial charge in [0.05, 0.1) is 24.0 Å². The molecule has 208 valence electrons. The Morgan fingerprint density at radius 3 is 2.12 bits per heavy atom. The lowest BCUT2D eigenvalue weighted by Gasteiger charge is -2.35. The summed E-state index contributed by atoms with van der Waals surface area (Å²) in [5.41, 5.74) is 3.53. The van der Waals surface area contributed by atoms with E-state index in [1.165, 1.54) is 11.6 Å². The highest BCUT2D eigenvalue weighted by Crippen LogP contribution is 2.23. The molecule has 1 aromatic heterocycles. The number of piperazine rings is 1. The van der Waals surface area contributed by atoms with E-state index in [4.69, 9.17) is 0 Å². The van der Waals surface area contributed by atoms with Gasteiger partial charge in [-0.15, -0.1) is 11.8 Å². The predicted octanol–water partition coefficient (Wildman–Crippen LogP) is 3.88. The fourth-order valence-corrected chi connectivity index (χ4v) is 5.61. The molecule has 4 aromatic rings. The maximum Gasteiger partial charge on any atom is 0.336 e. The Morgan fingerprint density at radius 1 is 0.825 bits per heavy atom. The van der Waals surface area contributed by atoms with E-state index in [0.29, 0.717) is 17.9 Å². The number of aromatic nitrogens is 2. The van der Waals surface area contributed by atoms with Gasteiger partial charge in [-0.05, 0) is 48.6 Å². The topological polar surface area (TPSA) is 70.7 Å². The molecule has 0 spiro atoms. The van der Waals surface area contributed by atoms with E-state index in [1.54, 1.807) is 16.3 Å². The SMILES string of the molecule is CSc1ccc(-n2c(-c3ccc(C)cc3)cc(=O)n(CC(O)CN3CCN(Cc4ccccc4)CC3)c2=O)cc1. The van der Waals surface area contributed by atoms with E-state index >= 15 is 0 Å². The van der Waals surface area contributed by atoms with E-state index in [2.05, 4.69) is 34.1 Å². The second kappa shape index (κ2) is 12.8. The number of hydrogen-bond acceptors (Lipinski definition) is 6. The van der Waals surface area contributed by atoms with Gasteiger partial charge in [-0.25, -0.2) is 4.79 Å². The van der Waals surface area contributed by atoms with Crippen LogP contribution >= 0.6 is 11.8 Å². The number of benzene rings is 3. The minimum Gasteiger partial charge on any atom is -0.390 e. The lowest BCUT2D eigenvalue weighted by atomic mass is 10.1. The summed E-state index contributed by atoms with van der Waals surface area (Å²) < 4.78 is 2.74. The smallest absolute Gasteiger partial charge is 0.336 e. The van der Waals surface area contributed by atoms with E-state index in [-0.39, 0.29) is 6.54 Å². The number of β-amino-alcohol motifs (C(OH)–C–C–N with tert-alkyl or cyclic N) is 1. The Labute approximate surface area is 239 Å². The molecular weight excluding hydrogens is 520 g/mol. The molecule has 3 aromatic carbocycles. The van der Waals surface area contributed by atoms with Crippen molar-refractivity contribution in [1.82, 2.24) is 18.9 Å². The number of hydrogen-bond donors (Lipinski definition) is 1. The van der Waals surface area contributed by atoms with Gasteiger partial charge in [-0.2, -0.15) is 0 Å². The van der Waals surface area contributed by atoms with E-state index in [1.807, 2.05) is 67.8 Å². The molecule has 1 N–H and O–H groups in total. The molecular formula is C32H36N4O3S. The highest BCUT2D eigenvalue weighted by Gasteiger charge is 2.22. The van der Waals surface area contributed by atoms with Crippen molar-refractivity contribution in [3.8, 4) is 16.9 Å². The number of rotatable bonds is 9. The van der Waals surface area contributed by atoms with E-state index in [9.17, 15) is 14.7 Å². The molecule has 0 saturated carbocycles. The normalized spacial score (nSPS) is 15.3. The summed E-state index contributed by atoms with van der Waals surface area (Å²) in [6.45, 7) is 6.75. The molecule has 1 unspecified atom stereocenters.